The van der Waals surface area contributed by atoms with Gasteiger partial charge in [-0.05, 0) is 17.7 Å². The maximum absolute atomic E-state index is 13.9. The number of aromatic hydroxyl groups is 1. The molecule has 0 aliphatic carbocycles. The number of rotatable bonds is 7. The van der Waals surface area contributed by atoms with Crippen LogP contribution in [0, 0.1) is 5.82 Å². The number of nitrogen functional groups attached to an aromatic ring is 1. The largest absolute Gasteiger partial charge is 0.508 e. The van der Waals surface area contributed by atoms with Gasteiger partial charge in [-0.2, -0.15) is 9.40 Å². The molecule has 2 heterocycles. The van der Waals surface area contributed by atoms with Gasteiger partial charge in [0.25, 0.3) is 0 Å². The van der Waals surface area contributed by atoms with Crippen molar-refractivity contribution in [2.24, 2.45) is 0 Å². The molecule has 0 unspecified atom stereocenters. The Kier molecular flexibility index (Phi) is 5.76. The van der Waals surface area contributed by atoms with E-state index in [2.05, 4.69) is 15.1 Å². The molecule has 0 amide bonds. The molecule has 2 aromatic heterocycles. The number of fused-ring (bicyclic) bond motifs is 1. The van der Waals surface area contributed by atoms with Crippen LogP contribution in [0.4, 0.5) is 10.2 Å². The molecule has 4 rings (SSSR count). The molecule has 4 aromatic rings. The molecule has 9 nitrogen and oxygen atoms in total. The highest BCUT2D eigenvalue weighted by Gasteiger charge is 2.21. The summed E-state index contributed by atoms with van der Waals surface area (Å²) >= 11 is 0. The van der Waals surface area contributed by atoms with Crippen LogP contribution in [-0.4, -0.2) is 50.4 Å². The Bertz CT molecular complexity index is 1360. The summed E-state index contributed by atoms with van der Waals surface area (Å²) in [5, 5.41) is 14.7. The predicted molar refractivity (Wildman–Crippen MR) is 118 cm³/mol. The summed E-state index contributed by atoms with van der Waals surface area (Å²) in [5.74, 6) is -0.752. The highest BCUT2D eigenvalue weighted by atomic mass is 32.2. The van der Waals surface area contributed by atoms with Gasteiger partial charge in [0.15, 0.2) is 5.65 Å². The van der Waals surface area contributed by atoms with Gasteiger partial charge in [-0.3, -0.25) is 0 Å². The van der Waals surface area contributed by atoms with Crippen LogP contribution in [0.3, 0.4) is 0 Å². The quantitative estimate of drug-likeness (QED) is 0.437. The summed E-state index contributed by atoms with van der Waals surface area (Å²) in [4.78, 5) is 8.24. The number of halogens is 1. The lowest BCUT2D eigenvalue weighted by Gasteiger charge is -2.20. The van der Waals surface area contributed by atoms with Gasteiger partial charge in [0.1, 0.15) is 29.4 Å². The van der Waals surface area contributed by atoms with Crippen molar-refractivity contribution in [3.8, 4) is 17.0 Å². The van der Waals surface area contributed by atoms with Gasteiger partial charge in [0, 0.05) is 24.7 Å². The van der Waals surface area contributed by atoms with Crippen molar-refractivity contribution in [1.29, 1.82) is 0 Å². The SMILES string of the molecule is CS(=O)(=O)N(CCn1nc(-c2cc(O)cc(F)c2)c2c(N)ncnc21)Cc1ccccc1. The molecule has 0 aliphatic rings. The second kappa shape index (κ2) is 8.52. The molecule has 0 bridgehead atoms. The summed E-state index contributed by atoms with van der Waals surface area (Å²) in [6.07, 6.45) is 2.43. The van der Waals surface area contributed by atoms with Crippen LogP contribution < -0.4 is 5.73 Å². The van der Waals surface area contributed by atoms with Crippen LogP contribution in [0.2, 0.25) is 0 Å². The number of nitrogens with zero attached hydrogens (tertiary/aromatic N) is 5. The summed E-state index contributed by atoms with van der Waals surface area (Å²) < 4.78 is 41.4. The minimum absolute atomic E-state index is 0.127. The fraction of sp³-hybridized carbons (Fsp3) is 0.190. The zero-order chi connectivity index (χ0) is 22.9. The molecule has 0 saturated carbocycles. The molecule has 2 aromatic carbocycles. The van der Waals surface area contributed by atoms with Gasteiger partial charge in [0.2, 0.25) is 10.0 Å². The number of hydrogen-bond acceptors (Lipinski definition) is 7. The van der Waals surface area contributed by atoms with E-state index in [1.807, 2.05) is 30.3 Å². The number of phenols is 1. The highest BCUT2D eigenvalue weighted by molar-refractivity contribution is 7.88. The lowest BCUT2D eigenvalue weighted by atomic mass is 10.1. The number of anilines is 1. The average Bonchev–Trinajstić information content (AvgIpc) is 3.10. The minimum atomic E-state index is -3.50. The first-order valence-electron chi connectivity index (χ1n) is 9.68. The number of benzene rings is 2. The third kappa shape index (κ3) is 4.53. The Balaban J connectivity index is 1.71. The summed E-state index contributed by atoms with van der Waals surface area (Å²) in [5.41, 5.74) is 7.87. The molecule has 11 heteroatoms. The Hall–Kier alpha value is -3.57. The fourth-order valence-electron chi connectivity index (χ4n) is 3.45. The van der Waals surface area contributed by atoms with Crippen LogP contribution in [0.1, 0.15) is 5.56 Å². The smallest absolute Gasteiger partial charge is 0.211 e. The summed E-state index contributed by atoms with van der Waals surface area (Å²) in [6.45, 7) is 0.511. The standard InChI is InChI=1S/C21H21FN6O3S/c1-32(30,31)27(12-14-5-3-2-4-6-14)7-8-28-21-18(20(23)24-13-25-21)19(26-28)15-9-16(22)11-17(29)10-15/h2-6,9-11,13,29H,7-8,12H2,1H3,(H2,23,24,25). The summed E-state index contributed by atoms with van der Waals surface area (Å²) in [7, 11) is -3.50. The van der Waals surface area contributed by atoms with Crippen molar-refractivity contribution in [3.05, 3.63) is 66.2 Å². The number of phenolic OH excluding ortho intramolecular Hbond substituents is 1. The molecule has 0 radical (unpaired) electrons. The zero-order valence-electron chi connectivity index (χ0n) is 17.2. The number of nitrogens with two attached hydrogens (primary N) is 1. The van der Waals surface area contributed by atoms with Crippen molar-refractivity contribution in [2.45, 2.75) is 13.1 Å². The molecular formula is C21H21FN6O3S. The van der Waals surface area contributed by atoms with Gasteiger partial charge in [-0.25, -0.2) is 27.5 Å². The second-order valence-electron chi connectivity index (χ2n) is 7.31. The average molecular weight is 457 g/mol. The Labute approximate surface area is 184 Å². The molecule has 3 N–H and O–H groups in total. The Morgan fingerprint density at radius 2 is 1.91 bits per heavy atom. The van der Waals surface area contributed by atoms with E-state index in [4.69, 9.17) is 5.73 Å². The van der Waals surface area contributed by atoms with Crippen LogP contribution in [0.15, 0.2) is 54.9 Å². The van der Waals surface area contributed by atoms with Gasteiger partial charge in [-0.15, -0.1) is 0 Å². The first kappa shape index (κ1) is 21.7. The van der Waals surface area contributed by atoms with Crippen molar-refractivity contribution in [3.63, 3.8) is 0 Å². The second-order valence-corrected chi connectivity index (χ2v) is 9.29. The van der Waals surface area contributed by atoms with E-state index in [-0.39, 0.29) is 31.2 Å². The van der Waals surface area contributed by atoms with Crippen LogP contribution in [0.25, 0.3) is 22.3 Å². The fourth-order valence-corrected chi connectivity index (χ4v) is 4.25. The topological polar surface area (TPSA) is 127 Å². The van der Waals surface area contributed by atoms with Crippen molar-refractivity contribution < 1.29 is 17.9 Å². The Morgan fingerprint density at radius 3 is 2.59 bits per heavy atom. The first-order valence-corrected chi connectivity index (χ1v) is 11.5. The van der Waals surface area contributed by atoms with E-state index in [0.717, 1.165) is 17.9 Å². The number of aromatic nitrogens is 4. The molecule has 0 spiro atoms. The van der Waals surface area contributed by atoms with Crippen LogP contribution in [-0.2, 0) is 23.1 Å². The highest BCUT2D eigenvalue weighted by Crippen LogP contribution is 2.32. The lowest BCUT2D eigenvalue weighted by molar-refractivity contribution is 0.384. The van der Waals surface area contributed by atoms with E-state index in [0.29, 0.717) is 22.3 Å². The normalized spacial score (nSPS) is 12.0. The van der Waals surface area contributed by atoms with E-state index < -0.39 is 15.8 Å². The third-order valence-electron chi connectivity index (χ3n) is 4.95. The Morgan fingerprint density at radius 1 is 1.16 bits per heavy atom. The van der Waals surface area contributed by atoms with Gasteiger partial charge in [-0.1, -0.05) is 30.3 Å². The predicted octanol–water partition coefficient (Wildman–Crippen LogP) is 2.38. The van der Waals surface area contributed by atoms with Crippen molar-refractivity contribution in [1.82, 2.24) is 24.1 Å². The molecule has 0 saturated heterocycles. The molecule has 0 atom stereocenters. The molecular weight excluding hydrogens is 435 g/mol. The third-order valence-corrected chi connectivity index (χ3v) is 6.20. The zero-order valence-corrected chi connectivity index (χ0v) is 18.0. The minimum Gasteiger partial charge on any atom is -0.508 e. The monoisotopic (exact) mass is 456 g/mol. The van der Waals surface area contributed by atoms with Crippen LogP contribution >= 0.6 is 0 Å². The van der Waals surface area contributed by atoms with Crippen molar-refractivity contribution in [2.75, 3.05) is 18.5 Å². The van der Waals surface area contributed by atoms with E-state index in [1.54, 1.807) is 0 Å². The van der Waals surface area contributed by atoms with Crippen LogP contribution in [0.5, 0.6) is 5.75 Å². The maximum atomic E-state index is 13.9. The van der Waals surface area contributed by atoms with Gasteiger partial charge >= 0.3 is 0 Å². The number of sulfonamides is 1. The molecule has 166 valence electrons. The first-order chi connectivity index (χ1) is 15.2. The van der Waals surface area contributed by atoms with E-state index in [9.17, 15) is 17.9 Å². The van der Waals surface area contributed by atoms with Gasteiger partial charge in [0.05, 0.1) is 18.2 Å². The maximum Gasteiger partial charge on any atom is 0.211 e. The number of hydrogen-bond donors (Lipinski definition) is 2. The summed E-state index contributed by atoms with van der Waals surface area (Å²) in [6, 6.07) is 12.8. The molecule has 0 fully saturated rings. The van der Waals surface area contributed by atoms with Crippen molar-refractivity contribution >= 4 is 26.9 Å². The van der Waals surface area contributed by atoms with Gasteiger partial charge < -0.3 is 10.8 Å². The van der Waals surface area contributed by atoms with E-state index >= 15 is 0 Å². The molecule has 0 aliphatic heterocycles. The molecule has 32 heavy (non-hydrogen) atoms. The lowest BCUT2D eigenvalue weighted by Crippen LogP contribution is -2.32. The van der Waals surface area contributed by atoms with E-state index in [1.165, 1.54) is 27.4 Å².